The molecule has 1 aromatic carbocycles. The van der Waals surface area contributed by atoms with Crippen molar-refractivity contribution in [3.05, 3.63) is 29.8 Å². The molecular weight excluding hydrogens is 183 g/mol. The number of ether oxygens (including phenoxy) is 1. The molecule has 13 heavy (non-hydrogen) atoms. The zero-order valence-electron chi connectivity index (χ0n) is 6.30. The molecule has 0 bridgehead atoms. The summed E-state index contributed by atoms with van der Waals surface area (Å²) in [5, 5.41) is 8.35. The third-order valence-corrected chi connectivity index (χ3v) is 1.22. The summed E-state index contributed by atoms with van der Waals surface area (Å²) in [7, 11) is 0. The summed E-state index contributed by atoms with van der Waals surface area (Å²) in [6.07, 6.45) is -4.69. The van der Waals surface area contributed by atoms with E-state index in [-0.39, 0.29) is 11.3 Å². The summed E-state index contributed by atoms with van der Waals surface area (Å²) in [4.78, 5) is 0. The molecule has 0 radical (unpaired) electrons. The lowest BCUT2D eigenvalue weighted by Gasteiger charge is -2.07. The van der Waals surface area contributed by atoms with Crippen molar-refractivity contribution in [2.75, 3.05) is 0 Å². The van der Waals surface area contributed by atoms with Gasteiger partial charge in [0.05, 0.1) is 11.6 Å². The Morgan fingerprint density at radius 2 is 1.69 bits per heavy atom. The quantitative estimate of drug-likeness (QED) is 0.676. The van der Waals surface area contributed by atoms with Crippen molar-refractivity contribution in [1.29, 1.82) is 5.26 Å². The molecule has 0 heterocycles. The lowest BCUT2D eigenvalue weighted by molar-refractivity contribution is -0.274. The van der Waals surface area contributed by atoms with Crippen LogP contribution in [-0.2, 0) is 0 Å². The first kappa shape index (κ1) is 9.39. The monoisotopic (exact) mass is 187 g/mol. The van der Waals surface area contributed by atoms with E-state index in [0.717, 1.165) is 12.1 Å². The normalized spacial score (nSPS) is 10.6. The van der Waals surface area contributed by atoms with Gasteiger partial charge in [-0.1, -0.05) is 0 Å². The first-order valence-electron chi connectivity index (χ1n) is 3.27. The van der Waals surface area contributed by atoms with E-state index < -0.39 is 6.36 Å². The summed E-state index contributed by atoms with van der Waals surface area (Å²) in [6.45, 7) is 0. The van der Waals surface area contributed by atoms with Crippen LogP contribution < -0.4 is 4.74 Å². The van der Waals surface area contributed by atoms with Gasteiger partial charge in [0.1, 0.15) is 5.75 Å². The highest BCUT2D eigenvalue weighted by Crippen LogP contribution is 2.22. The smallest absolute Gasteiger partial charge is 0.406 e. The predicted molar refractivity (Wildman–Crippen MR) is 37.8 cm³/mol. The first-order valence-corrected chi connectivity index (χ1v) is 3.27. The molecule has 0 atom stereocenters. The maximum Gasteiger partial charge on any atom is 0.573 e. The van der Waals surface area contributed by atoms with Crippen molar-refractivity contribution in [2.45, 2.75) is 6.36 Å². The molecule has 0 aliphatic carbocycles. The topological polar surface area (TPSA) is 33.0 Å². The summed E-state index contributed by atoms with van der Waals surface area (Å²) < 4.78 is 38.5. The number of alkyl halides is 3. The van der Waals surface area contributed by atoms with Crippen molar-refractivity contribution in [3.63, 3.8) is 0 Å². The molecule has 5 heteroatoms. The average Bonchev–Trinajstić information content (AvgIpc) is 2.03. The Morgan fingerprint density at radius 1 is 1.15 bits per heavy atom. The van der Waals surface area contributed by atoms with Gasteiger partial charge in [0, 0.05) is 0 Å². The minimum Gasteiger partial charge on any atom is -0.406 e. The van der Waals surface area contributed by atoms with Crippen LogP contribution in [0.2, 0.25) is 0 Å². The molecule has 0 aromatic heterocycles. The van der Waals surface area contributed by atoms with Crippen molar-refractivity contribution >= 4 is 0 Å². The number of nitriles is 1. The van der Waals surface area contributed by atoms with Crippen LogP contribution in [0.15, 0.2) is 24.3 Å². The van der Waals surface area contributed by atoms with E-state index in [0.29, 0.717) is 0 Å². The summed E-state index contributed by atoms with van der Waals surface area (Å²) in [5.41, 5.74) is 0.287. The van der Waals surface area contributed by atoms with E-state index in [4.69, 9.17) is 5.26 Å². The van der Waals surface area contributed by atoms with Crippen LogP contribution in [-0.4, -0.2) is 6.36 Å². The fourth-order valence-corrected chi connectivity index (χ4v) is 0.731. The second-order valence-corrected chi connectivity index (χ2v) is 2.18. The Labute approximate surface area is 72.2 Å². The number of hydrogen-bond acceptors (Lipinski definition) is 2. The number of benzene rings is 1. The van der Waals surface area contributed by atoms with Gasteiger partial charge in [-0.2, -0.15) is 5.26 Å². The van der Waals surface area contributed by atoms with E-state index in [9.17, 15) is 13.2 Å². The molecule has 2 nitrogen and oxygen atoms in total. The van der Waals surface area contributed by atoms with Crippen LogP contribution in [0.4, 0.5) is 13.2 Å². The standard InChI is InChI=1S/C8H4F3NO/c9-8(10,11)13-7-3-1-6(5-12)2-4-7/h1-4H. The van der Waals surface area contributed by atoms with Gasteiger partial charge in [-0.15, -0.1) is 13.2 Å². The maximum atomic E-state index is 11.6. The Balaban J connectivity index is 2.77. The molecular formula is C8H4F3NO. The van der Waals surface area contributed by atoms with Crippen molar-refractivity contribution in [3.8, 4) is 11.8 Å². The maximum absolute atomic E-state index is 11.6. The van der Waals surface area contributed by atoms with Gasteiger partial charge in [0.25, 0.3) is 0 Å². The molecule has 0 fully saturated rings. The second kappa shape index (κ2) is 3.35. The van der Waals surface area contributed by atoms with Crippen LogP contribution in [0.5, 0.6) is 5.75 Å². The van der Waals surface area contributed by atoms with Crippen LogP contribution >= 0.6 is 0 Å². The Kier molecular flexibility index (Phi) is 2.42. The van der Waals surface area contributed by atoms with Gasteiger partial charge < -0.3 is 4.74 Å². The van der Waals surface area contributed by atoms with E-state index in [1.807, 2.05) is 0 Å². The molecule has 0 N–H and O–H groups in total. The van der Waals surface area contributed by atoms with Crippen LogP contribution in [0, 0.1) is 11.3 Å². The number of halogens is 3. The zero-order valence-corrected chi connectivity index (χ0v) is 6.30. The van der Waals surface area contributed by atoms with E-state index in [1.165, 1.54) is 12.1 Å². The molecule has 0 unspecified atom stereocenters. The minimum absolute atomic E-state index is 0.287. The van der Waals surface area contributed by atoms with E-state index in [2.05, 4.69) is 4.74 Å². The van der Waals surface area contributed by atoms with Gasteiger partial charge in [-0.25, -0.2) is 0 Å². The largest absolute Gasteiger partial charge is 0.573 e. The highest BCUT2D eigenvalue weighted by atomic mass is 19.4. The highest BCUT2D eigenvalue weighted by Gasteiger charge is 2.30. The van der Waals surface area contributed by atoms with Gasteiger partial charge in [-0.05, 0) is 24.3 Å². The summed E-state index contributed by atoms with van der Waals surface area (Å²) in [6, 6.07) is 6.46. The number of rotatable bonds is 1. The van der Waals surface area contributed by atoms with Gasteiger partial charge >= 0.3 is 6.36 Å². The van der Waals surface area contributed by atoms with Crippen molar-refractivity contribution in [2.24, 2.45) is 0 Å². The minimum atomic E-state index is -4.69. The third-order valence-electron chi connectivity index (χ3n) is 1.22. The fourth-order valence-electron chi connectivity index (χ4n) is 0.731. The Bertz CT molecular complexity index is 323. The lowest BCUT2D eigenvalue weighted by atomic mass is 10.2. The van der Waals surface area contributed by atoms with Crippen molar-refractivity contribution in [1.82, 2.24) is 0 Å². The van der Waals surface area contributed by atoms with Crippen LogP contribution in [0.3, 0.4) is 0 Å². The second-order valence-electron chi connectivity index (χ2n) is 2.18. The molecule has 0 saturated carbocycles. The van der Waals surface area contributed by atoms with Gasteiger partial charge in [0.15, 0.2) is 0 Å². The average molecular weight is 187 g/mol. The first-order chi connectivity index (χ1) is 6.01. The zero-order chi connectivity index (χ0) is 9.90. The molecule has 0 aliphatic rings. The molecule has 0 spiro atoms. The SMILES string of the molecule is N#Cc1ccc(OC(F)(F)F)cc1. The number of nitrogens with zero attached hydrogens (tertiary/aromatic N) is 1. The van der Waals surface area contributed by atoms with Crippen LogP contribution in [0.1, 0.15) is 5.56 Å². The molecule has 0 amide bonds. The van der Waals surface area contributed by atoms with Crippen molar-refractivity contribution < 1.29 is 17.9 Å². The highest BCUT2D eigenvalue weighted by molar-refractivity contribution is 5.34. The lowest BCUT2D eigenvalue weighted by Crippen LogP contribution is -2.16. The molecule has 0 aliphatic heterocycles. The van der Waals surface area contributed by atoms with Crippen LogP contribution in [0.25, 0.3) is 0 Å². The van der Waals surface area contributed by atoms with Gasteiger partial charge in [0.2, 0.25) is 0 Å². The molecule has 1 rings (SSSR count). The molecule has 68 valence electrons. The van der Waals surface area contributed by atoms with Gasteiger partial charge in [-0.3, -0.25) is 0 Å². The summed E-state index contributed by atoms with van der Waals surface area (Å²) >= 11 is 0. The molecule has 1 aromatic rings. The van der Waals surface area contributed by atoms with E-state index >= 15 is 0 Å². The third kappa shape index (κ3) is 3.03. The molecule has 0 saturated heterocycles. The van der Waals surface area contributed by atoms with E-state index in [1.54, 1.807) is 6.07 Å². The summed E-state index contributed by atoms with van der Waals surface area (Å²) in [5.74, 6) is -0.327. The predicted octanol–water partition coefficient (Wildman–Crippen LogP) is 2.46. The Hall–Kier alpha value is -1.70. The Morgan fingerprint density at radius 3 is 2.08 bits per heavy atom. The fraction of sp³-hybridized carbons (Fsp3) is 0.125. The number of hydrogen-bond donors (Lipinski definition) is 0.